The van der Waals surface area contributed by atoms with Crippen LogP contribution in [0.5, 0.6) is 5.88 Å². The van der Waals surface area contributed by atoms with Gasteiger partial charge in [0.15, 0.2) is 0 Å². The van der Waals surface area contributed by atoms with Crippen LogP contribution in [0.1, 0.15) is 23.7 Å². The van der Waals surface area contributed by atoms with Gasteiger partial charge in [0.2, 0.25) is 0 Å². The summed E-state index contributed by atoms with van der Waals surface area (Å²) in [5.41, 5.74) is 4.05. The van der Waals surface area contributed by atoms with Gasteiger partial charge in [0.05, 0.1) is 6.20 Å². The predicted molar refractivity (Wildman–Crippen MR) is 88.7 cm³/mol. The van der Waals surface area contributed by atoms with Crippen molar-refractivity contribution in [2.75, 3.05) is 0 Å². The molecule has 1 aromatic carbocycles. The molecule has 4 nitrogen and oxygen atoms in total. The van der Waals surface area contributed by atoms with Crippen LogP contribution in [0.2, 0.25) is 0 Å². The van der Waals surface area contributed by atoms with Gasteiger partial charge in [-0.05, 0) is 44.0 Å². The molecule has 0 saturated carbocycles. The zero-order valence-electron chi connectivity index (χ0n) is 13.4. The lowest BCUT2D eigenvalue weighted by Crippen LogP contribution is -2.01. The third-order valence-electron chi connectivity index (χ3n) is 3.93. The molecule has 0 bridgehead atoms. The number of aromatic nitrogens is 3. The van der Waals surface area contributed by atoms with E-state index >= 15 is 0 Å². The Balaban J connectivity index is 2.00. The molecule has 23 heavy (non-hydrogen) atoms. The largest absolute Gasteiger partial charge is 0.470 e. The maximum absolute atomic E-state index is 13.0. The lowest BCUT2D eigenvalue weighted by Gasteiger charge is -2.08. The molecule has 118 valence electrons. The molecule has 0 aliphatic rings. The molecule has 5 heteroatoms. The van der Waals surface area contributed by atoms with Gasteiger partial charge < -0.3 is 9.30 Å². The fourth-order valence-corrected chi connectivity index (χ4v) is 2.58. The lowest BCUT2D eigenvalue weighted by atomic mass is 10.2. The number of halogens is 1. The number of hydrogen-bond donors (Lipinski definition) is 0. The van der Waals surface area contributed by atoms with E-state index in [0.717, 1.165) is 27.7 Å². The Bertz CT molecular complexity index is 866. The molecule has 0 radical (unpaired) electrons. The Labute approximate surface area is 134 Å². The second kappa shape index (κ2) is 6.20. The van der Waals surface area contributed by atoms with E-state index in [2.05, 4.69) is 28.6 Å². The highest BCUT2D eigenvalue weighted by Crippen LogP contribution is 2.30. The van der Waals surface area contributed by atoms with Crippen LogP contribution in [-0.4, -0.2) is 14.8 Å². The van der Waals surface area contributed by atoms with Gasteiger partial charge >= 0.3 is 0 Å². The highest BCUT2D eigenvalue weighted by atomic mass is 19.1. The number of rotatable bonds is 4. The Morgan fingerprint density at radius 2 is 1.96 bits per heavy atom. The van der Waals surface area contributed by atoms with Crippen molar-refractivity contribution in [2.45, 2.75) is 27.4 Å². The Morgan fingerprint density at radius 1 is 1.22 bits per heavy atom. The first kappa shape index (κ1) is 15.2. The van der Waals surface area contributed by atoms with Crippen LogP contribution < -0.4 is 4.74 Å². The molecule has 0 aliphatic heterocycles. The average molecular weight is 311 g/mol. The predicted octanol–water partition coefficient (Wildman–Crippen LogP) is 4.26. The molecule has 0 atom stereocenters. The number of fused-ring (bicyclic) bond motifs is 1. The van der Waals surface area contributed by atoms with E-state index in [9.17, 15) is 4.39 Å². The summed E-state index contributed by atoms with van der Waals surface area (Å²) in [5.74, 6) is 0.213. The molecular weight excluding hydrogens is 293 g/mol. The minimum Gasteiger partial charge on any atom is -0.470 e. The summed E-state index contributed by atoms with van der Waals surface area (Å²) in [6.07, 6.45) is 5.70. The zero-order chi connectivity index (χ0) is 16.4. The monoisotopic (exact) mass is 311 g/mol. The first-order chi connectivity index (χ1) is 11.1. The highest BCUT2D eigenvalue weighted by Gasteiger charge is 2.15. The van der Waals surface area contributed by atoms with Crippen molar-refractivity contribution in [3.63, 3.8) is 0 Å². The molecule has 0 amide bonds. The molecule has 3 rings (SSSR count). The van der Waals surface area contributed by atoms with Crippen LogP contribution in [0.3, 0.4) is 0 Å². The smallest absolute Gasteiger partial charge is 0.258 e. The summed E-state index contributed by atoms with van der Waals surface area (Å²) >= 11 is 0. The normalized spacial score (nSPS) is 11.5. The van der Waals surface area contributed by atoms with E-state index in [-0.39, 0.29) is 5.82 Å². The summed E-state index contributed by atoms with van der Waals surface area (Å²) in [6, 6.07) is 6.23. The van der Waals surface area contributed by atoms with Crippen LogP contribution in [-0.2, 0) is 6.61 Å². The number of ether oxygens (including phenoxy) is 1. The van der Waals surface area contributed by atoms with Gasteiger partial charge in [-0.25, -0.2) is 4.39 Å². The minimum atomic E-state index is -0.260. The molecule has 0 aliphatic carbocycles. The van der Waals surface area contributed by atoms with Crippen LogP contribution in [0.4, 0.5) is 4.39 Å². The van der Waals surface area contributed by atoms with Crippen molar-refractivity contribution in [2.24, 2.45) is 0 Å². The standard InChI is InChI=1S/C18H18FN3O/c1-4-9-22-13(3)12(2)16-10-20-21-18(17(16)22)23-11-14-5-7-15(19)8-6-14/h4-10H,11H2,1-3H3/b9-4-. The molecule has 3 aromatic rings. The fraction of sp³-hybridized carbons (Fsp3) is 0.222. The summed E-state index contributed by atoms with van der Waals surface area (Å²) in [7, 11) is 0. The maximum Gasteiger partial charge on any atom is 0.258 e. The summed E-state index contributed by atoms with van der Waals surface area (Å²) in [4.78, 5) is 0. The van der Waals surface area contributed by atoms with E-state index in [4.69, 9.17) is 4.74 Å². The zero-order valence-corrected chi connectivity index (χ0v) is 13.4. The van der Waals surface area contributed by atoms with Gasteiger partial charge in [0.1, 0.15) is 17.9 Å². The van der Waals surface area contributed by atoms with E-state index in [1.165, 1.54) is 12.1 Å². The van der Waals surface area contributed by atoms with Crippen molar-refractivity contribution in [1.82, 2.24) is 14.8 Å². The minimum absolute atomic E-state index is 0.260. The van der Waals surface area contributed by atoms with Crippen molar-refractivity contribution in [1.29, 1.82) is 0 Å². The van der Waals surface area contributed by atoms with Crippen molar-refractivity contribution < 1.29 is 9.13 Å². The number of hydrogen-bond acceptors (Lipinski definition) is 3. The second-order valence-electron chi connectivity index (χ2n) is 5.39. The first-order valence-electron chi connectivity index (χ1n) is 7.44. The topological polar surface area (TPSA) is 39.9 Å². The Morgan fingerprint density at radius 3 is 2.65 bits per heavy atom. The van der Waals surface area contributed by atoms with Gasteiger partial charge in [0, 0.05) is 17.3 Å². The van der Waals surface area contributed by atoms with E-state index in [1.54, 1.807) is 18.3 Å². The van der Waals surface area contributed by atoms with Crippen molar-refractivity contribution in [3.8, 4) is 5.88 Å². The Kier molecular flexibility index (Phi) is 4.10. The average Bonchev–Trinajstić information content (AvgIpc) is 2.80. The quantitative estimate of drug-likeness (QED) is 0.723. The first-order valence-corrected chi connectivity index (χ1v) is 7.44. The third-order valence-corrected chi connectivity index (χ3v) is 3.93. The maximum atomic E-state index is 13.0. The fourth-order valence-electron chi connectivity index (χ4n) is 2.58. The summed E-state index contributed by atoms with van der Waals surface area (Å²) in [5, 5.41) is 9.20. The summed E-state index contributed by atoms with van der Waals surface area (Å²) in [6.45, 7) is 6.39. The van der Waals surface area contributed by atoms with Gasteiger partial charge in [-0.3, -0.25) is 0 Å². The third kappa shape index (κ3) is 2.82. The van der Waals surface area contributed by atoms with E-state index in [0.29, 0.717) is 12.5 Å². The Hall–Kier alpha value is -2.69. The highest BCUT2D eigenvalue weighted by molar-refractivity contribution is 5.89. The lowest BCUT2D eigenvalue weighted by molar-refractivity contribution is 0.293. The number of allylic oxidation sites excluding steroid dienone is 1. The van der Waals surface area contributed by atoms with Gasteiger partial charge in [-0.15, -0.1) is 5.10 Å². The molecule has 0 saturated heterocycles. The molecular formula is C18H18FN3O. The van der Waals surface area contributed by atoms with Crippen molar-refractivity contribution in [3.05, 3.63) is 59.2 Å². The van der Waals surface area contributed by atoms with Crippen LogP contribution in [0, 0.1) is 19.7 Å². The number of nitrogens with zero attached hydrogens (tertiary/aromatic N) is 3. The molecule has 2 heterocycles. The van der Waals surface area contributed by atoms with Gasteiger partial charge in [-0.1, -0.05) is 18.2 Å². The molecule has 0 N–H and O–H groups in total. The molecule has 0 fully saturated rings. The molecule has 2 aromatic heterocycles. The molecule has 0 spiro atoms. The van der Waals surface area contributed by atoms with Crippen LogP contribution in [0.15, 0.2) is 36.5 Å². The molecule has 0 unspecified atom stereocenters. The van der Waals surface area contributed by atoms with E-state index in [1.807, 2.05) is 19.2 Å². The SMILES string of the molecule is C/C=C\n1c(C)c(C)c2cnnc(OCc3ccc(F)cc3)c21. The van der Waals surface area contributed by atoms with Gasteiger partial charge in [-0.2, -0.15) is 5.10 Å². The number of benzene rings is 1. The second-order valence-corrected chi connectivity index (χ2v) is 5.39. The van der Waals surface area contributed by atoms with Crippen molar-refractivity contribution >= 4 is 17.1 Å². The summed E-state index contributed by atoms with van der Waals surface area (Å²) < 4.78 is 20.9. The van der Waals surface area contributed by atoms with Gasteiger partial charge in [0.25, 0.3) is 5.88 Å². The van der Waals surface area contributed by atoms with E-state index < -0.39 is 0 Å². The van der Waals surface area contributed by atoms with Crippen LogP contribution >= 0.6 is 0 Å². The number of aryl methyl sites for hydroxylation is 1. The van der Waals surface area contributed by atoms with Crippen LogP contribution in [0.25, 0.3) is 17.1 Å².